The lowest BCUT2D eigenvalue weighted by Crippen LogP contribution is -2.22. The molecule has 0 bridgehead atoms. The van der Waals surface area contributed by atoms with Gasteiger partial charge in [0.05, 0.1) is 48.8 Å². The van der Waals surface area contributed by atoms with Crippen LogP contribution in [0.25, 0.3) is 11.3 Å². The monoisotopic (exact) mass is 490 g/mol. The highest BCUT2D eigenvalue weighted by Gasteiger charge is 2.17. The second kappa shape index (κ2) is 10.3. The number of nitrogens with one attached hydrogen (secondary N) is 2. The van der Waals surface area contributed by atoms with E-state index in [1.54, 1.807) is 34.6 Å². The number of carbonyl (C=O) groups excluding carboxylic acids is 1. The molecule has 3 N–H and O–H groups in total. The summed E-state index contributed by atoms with van der Waals surface area (Å²) in [5.74, 6) is 0.408. The number of aryl methyl sites for hydroxylation is 1. The Balaban J connectivity index is 1.24. The lowest BCUT2D eigenvalue weighted by Gasteiger charge is -2.10. The lowest BCUT2D eigenvalue weighted by molar-refractivity contribution is 0.0954. The van der Waals surface area contributed by atoms with Crippen molar-refractivity contribution in [3.63, 3.8) is 0 Å². The van der Waals surface area contributed by atoms with E-state index in [0.29, 0.717) is 25.6 Å². The van der Waals surface area contributed by atoms with E-state index in [-0.39, 0.29) is 12.5 Å². The van der Waals surface area contributed by atoms with E-state index in [9.17, 15) is 4.79 Å². The quantitative estimate of drug-likeness (QED) is 0.347. The molecule has 1 aromatic carbocycles. The van der Waals surface area contributed by atoms with Crippen LogP contribution >= 0.6 is 11.3 Å². The lowest BCUT2D eigenvalue weighted by atomic mass is 10.0. The molecule has 0 aliphatic carbocycles. The van der Waals surface area contributed by atoms with Crippen molar-refractivity contribution in [1.29, 1.82) is 0 Å². The van der Waals surface area contributed by atoms with Crippen molar-refractivity contribution in [2.75, 3.05) is 18.5 Å². The fraction of sp³-hybridized carbons (Fsp3) is 0.280. The highest BCUT2D eigenvalue weighted by molar-refractivity contribution is 7.14. The summed E-state index contributed by atoms with van der Waals surface area (Å²) >= 11 is 1.56. The fourth-order valence-electron chi connectivity index (χ4n) is 3.94. The summed E-state index contributed by atoms with van der Waals surface area (Å²) in [6.07, 6.45) is 6.04. The number of anilines is 2. The number of fused-ring (bicyclic) bond motifs is 1. The first kappa shape index (κ1) is 23.2. The molecular formula is C25H26N6O3S. The normalized spacial score (nSPS) is 12.9. The Kier molecular flexibility index (Phi) is 6.84. The van der Waals surface area contributed by atoms with Crippen LogP contribution in [0.1, 0.15) is 31.2 Å². The van der Waals surface area contributed by atoms with Crippen molar-refractivity contribution in [3.8, 4) is 11.3 Å². The number of aromatic nitrogens is 4. The van der Waals surface area contributed by atoms with Crippen molar-refractivity contribution < 1.29 is 14.6 Å². The number of hydrogen-bond donors (Lipinski definition) is 3. The van der Waals surface area contributed by atoms with Gasteiger partial charge in [-0.15, -0.1) is 11.3 Å². The van der Waals surface area contributed by atoms with Gasteiger partial charge in [0.15, 0.2) is 0 Å². The number of benzene rings is 1. The first-order chi connectivity index (χ1) is 17.1. The molecule has 0 fully saturated rings. The third-order valence-corrected chi connectivity index (χ3v) is 7.04. The molecule has 5 rings (SSSR count). The van der Waals surface area contributed by atoms with E-state index in [4.69, 9.17) is 9.84 Å². The maximum Gasteiger partial charge on any atom is 0.261 e. The summed E-state index contributed by atoms with van der Waals surface area (Å²) in [5.41, 5.74) is 5.75. The van der Waals surface area contributed by atoms with Crippen LogP contribution in [0.3, 0.4) is 0 Å². The Bertz CT molecular complexity index is 1330. The van der Waals surface area contributed by atoms with Crippen molar-refractivity contribution in [3.05, 3.63) is 75.4 Å². The second-order valence-corrected chi connectivity index (χ2v) is 9.43. The zero-order valence-electron chi connectivity index (χ0n) is 19.3. The number of hydrogen-bond acceptors (Lipinski definition) is 8. The Morgan fingerprint density at radius 3 is 3.03 bits per heavy atom. The van der Waals surface area contributed by atoms with Gasteiger partial charge in [0.2, 0.25) is 5.95 Å². The first-order valence-electron chi connectivity index (χ1n) is 11.4. The highest BCUT2D eigenvalue weighted by Crippen LogP contribution is 2.27. The number of aliphatic hydroxyl groups excluding tert-OH is 1. The number of nitrogens with zero attached hydrogens (tertiary/aromatic N) is 4. The van der Waals surface area contributed by atoms with Gasteiger partial charge in [0.1, 0.15) is 0 Å². The first-order valence-corrected chi connectivity index (χ1v) is 12.2. The van der Waals surface area contributed by atoms with Gasteiger partial charge in [-0.1, -0.05) is 12.1 Å². The number of amides is 1. The van der Waals surface area contributed by atoms with E-state index in [1.807, 2.05) is 31.2 Å². The minimum Gasteiger partial charge on any atom is -0.394 e. The molecule has 9 nitrogen and oxygen atoms in total. The molecular weight excluding hydrogens is 464 g/mol. The van der Waals surface area contributed by atoms with Crippen LogP contribution in [0.4, 0.5) is 11.6 Å². The summed E-state index contributed by atoms with van der Waals surface area (Å²) < 4.78 is 7.13. The minimum absolute atomic E-state index is 0.0253. The molecule has 10 heteroatoms. The molecule has 1 aliphatic heterocycles. The van der Waals surface area contributed by atoms with E-state index in [1.165, 1.54) is 4.88 Å². The number of aliphatic hydroxyl groups is 1. The van der Waals surface area contributed by atoms with Crippen LogP contribution in [-0.4, -0.2) is 44.0 Å². The molecule has 180 valence electrons. The van der Waals surface area contributed by atoms with Crippen LogP contribution in [-0.2, 0) is 30.9 Å². The zero-order valence-corrected chi connectivity index (χ0v) is 20.1. The van der Waals surface area contributed by atoms with Crippen LogP contribution in [0.2, 0.25) is 0 Å². The second-order valence-electron chi connectivity index (χ2n) is 8.29. The molecule has 0 unspecified atom stereocenters. The van der Waals surface area contributed by atoms with Crippen LogP contribution in [0.15, 0.2) is 48.9 Å². The molecule has 1 amide bonds. The molecule has 1 aliphatic rings. The zero-order chi connectivity index (χ0) is 24.2. The van der Waals surface area contributed by atoms with Crippen LogP contribution < -0.4 is 10.6 Å². The average Bonchev–Trinajstić information content (AvgIpc) is 3.50. The van der Waals surface area contributed by atoms with E-state index >= 15 is 0 Å². The number of carbonyl (C=O) groups is 1. The minimum atomic E-state index is -0.0540. The third-order valence-electron chi connectivity index (χ3n) is 5.80. The van der Waals surface area contributed by atoms with E-state index in [0.717, 1.165) is 51.5 Å². The third kappa shape index (κ3) is 5.40. The molecule has 0 atom stereocenters. The Morgan fingerprint density at radius 2 is 2.20 bits per heavy atom. The van der Waals surface area contributed by atoms with Gasteiger partial charge in [-0.25, -0.2) is 9.97 Å². The van der Waals surface area contributed by atoms with Gasteiger partial charge in [0, 0.05) is 35.8 Å². The van der Waals surface area contributed by atoms with E-state index < -0.39 is 0 Å². The van der Waals surface area contributed by atoms with E-state index in [2.05, 4.69) is 31.8 Å². The maximum atomic E-state index is 12.7. The summed E-state index contributed by atoms with van der Waals surface area (Å²) in [5, 5.41) is 19.4. The van der Waals surface area contributed by atoms with Gasteiger partial charge in [-0.2, -0.15) is 5.10 Å². The maximum absolute atomic E-state index is 12.7. The summed E-state index contributed by atoms with van der Waals surface area (Å²) in [6, 6.07) is 9.89. The molecule has 35 heavy (non-hydrogen) atoms. The molecule has 4 heterocycles. The van der Waals surface area contributed by atoms with Crippen molar-refractivity contribution in [1.82, 2.24) is 25.1 Å². The smallest absolute Gasteiger partial charge is 0.261 e. The summed E-state index contributed by atoms with van der Waals surface area (Å²) in [4.78, 5) is 23.6. The average molecular weight is 491 g/mol. The number of ether oxygens (including phenoxy) is 1. The van der Waals surface area contributed by atoms with Crippen LogP contribution in [0.5, 0.6) is 0 Å². The van der Waals surface area contributed by atoms with Crippen molar-refractivity contribution in [2.24, 2.45) is 0 Å². The Labute approximate surface area is 206 Å². The molecule has 0 saturated heterocycles. The standard InChI is InChI=1S/C25H26N6O3S/c1-16-10-17(21-4-6-26-25(30-21)29-20-13-28-31(14-20)7-8-32)2-3-18(16)12-27-24(33)23-11-19-15-34-9-5-22(19)35-23/h2-4,6,10-11,13-14,32H,5,7-9,12,15H2,1H3,(H,27,33)(H,26,29,30). The predicted molar refractivity (Wildman–Crippen MR) is 134 cm³/mol. The van der Waals surface area contributed by atoms with Gasteiger partial charge >= 0.3 is 0 Å². The largest absolute Gasteiger partial charge is 0.394 e. The van der Waals surface area contributed by atoms with Crippen molar-refractivity contribution in [2.45, 2.75) is 33.0 Å². The number of thiophene rings is 1. The fourth-order valence-corrected chi connectivity index (χ4v) is 5.00. The molecule has 4 aromatic rings. The predicted octanol–water partition coefficient (Wildman–Crippen LogP) is 3.45. The van der Waals surface area contributed by atoms with Crippen molar-refractivity contribution >= 4 is 28.9 Å². The molecule has 0 saturated carbocycles. The molecule has 3 aromatic heterocycles. The van der Waals surface area contributed by atoms with Gasteiger partial charge in [-0.3, -0.25) is 9.48 Å². The molecule has 0 radical (unpaired) electrons. The van der Waals surface area contributed by atoms with Gasteiger partial charge < -0.3 is 20.5 Å². The summed E-state index contributed by atoms with van der Waals surface area (Å²) in [7, 11) is 0. The molecule has 0 spiro atoms. The SMILES string of the molecule is Cc1cc(-c2ccnc(Nc3cnn(CCO)c3)n2)ccc1CNC(=O)c1cc2c(s1)CCOC2. The highest BCUT2D eigenvalue weighted by atomic mass is 32.1. The Hall–Kier alpha value is -3.60. The van der Waals surface area contributed by atoms with Crippen LogP contribution in [0, 0.1) is 6.92 Å². The topological polar surface area (TPSA) is 114 Å². The Morgan fingerprint density at radius 1 is 1.29 bits per heavy atom. The summed E-state index contributed by atoms with van der Waals surface area (Å²) in [6.45, 7) is 4.25. The van der Waals surface area contributed by atoms with Gasteiger partial charge in [-0.05, 0) is 41.8 Å². The number of rotatable bonds is 8. The van der Waals surface area contributed by atoms with Gasteiger partial charge in [0.25, 0.3) is 5.91 Å².